The topological polar surface area (TPSA) is 95.1 Å². The number of rotatable bonds is 8. The van der Waals surface area contributed by atoms with Crippen molar-refractivity contribution < 1.29 is 9.90 Å². The highest BCUT2D eigenvalue weighted by Crippen LogP contribution is 2.19. The molecule has 0 bridgehead atoms. The van der Waals surface area contributed by atoms with Crippen LogP contribution in [0.1, 0.15) is 50.7 Å². The van der Waals surface area contributed by atoms with E-state index >= 15 is 0 Å². The molecule has 7 heteroatoms. The Labute approximate surface area is 157 Å². The highest BCUT2D eigenvalue weighted by molar-refractivity contribution is 7.99. The molecule has 0 aliphatic carbocycles. The molecule has 2 rings (SSSR count). The van der Waals surface area contributed by atoms with E-state index in [-0.39, 0.29) is 28.3 Å². The average Bonchev–Trinajstić information content (AvgIpc) is 2.60. The monoisotopic (exact) mass is 375 g/mol. The van der Waals surface area contributed by atoms with Gasteiger partial charge in [0.2, 0.25) is 11.8 Å². The number of benzene rings is 1. The molecule has 26 heavy (non-hydrogen) atoms. The molecule has 1 heterocycles. The number of thioether (sulfide) groups is 1. The molecule has 0 aliphatic rings. The molecule has 0 saturated heterocycles. The first-order chi connectivity index (χ1) is 12.4. The lowest BCUT2D eigenvalue weighted by Crippen LogP contribution is -2.17. The van der Waals surface area contributed by atoms with E-state index in [1.165, 1.54) is 5.56 Å². The molecule has 0 radical (unpaired) electrons. The van der Waals surface area contributed by atoms with Crippen LogP contribution in [0, 0.1) is 0 Å². The molecule has 0 atom stereocenters. The van der Waals surface area contributed by atoms with Gasteiger partial charge in [0.05, 0.1) is 11.3 Å². The van der Waals surface area contributed by atoms with E-state index < -0.39 is 0 Å². The number of nitrogens with zero attached hydrogens (tertiary/aromatic N) is 1. The van der Waals surface area contributed by atoms with Crippen molar-refractivity contribution in [2.24, 2.45) is 0 Å². The molecule has 0 saturated carbocycles. The Bertz CT molecular complexity index is 801. The summed E-state index contributed by atoms with van der Waals surface area (Å²) >= 11 is 1.08. The number of anilines is 1. The van der Waals surface area contributed by atoms with E-state index in [0.717, 1.165) is 30.3 Å². The Morgan fingerprint density at radius 3 is 2.58 bits per heavy atom. The Morgan fingerprint density at radius 2 is 2.00 bits per heavy atom. The Hall–Kier alpha value is -2.28. The molecule has 0 fully saturated rings. The second-order valence-corrected chi connectivity index (χ2v) is 7.35. The van der Waals surface area contributed by atoms with Crippen LogP contribution >= 0.6 is 11.8 Å². The van der Waals surface area contributed by atoms with Crippen molar-refractivity contribution >= 4 is 23.4 Å². The summed E-state index contributed by atoms with van der Waals surface area (Å²) in [6.45, 7) is 6.24. The van der Waals surface area contributed by atoms with Gasteiger partial charge in [0.1, 0.15) is 0 Å². The van der Waals surface area contributed by atoms with Crippen molar-refractivity contribution in [2.75, 3.05) is 11.1 Å². The number of H-pyrrole nitrogens is 1. The van der Waals surface area contributed by atoms with E-state index in [1.54, 1.807) is 0 Å². The Morgan fingerprint density at radius 1 is 1.31 bits per heavy atom. The largest absolute Gasteiger partial charge is 0.493 e. The van der Waals surface area contributed by atoms with E-state index in [0.29, 0.717) is 17.9 Å². The summed E-state index contributed by atoms with van der Waals surface area (Å²) < 4.78 is 0. The highest BCUT2D eigenvalue weighted by Gasteiger charge is 2.12. The van der Waals surface area contributed by atoms with Crippen molar-refractivity contribution in [1.82, 2.24) is 9.97 Å². The fourth-order valence-corrected chi connectivity index (χ4v) is 3.05. The van der Waals surface area contributed by atoms with Gasteiger partial charge >= 0.3 is 0 Å². The highest BCUT2D eigenvalue weighted by atomic mass is 32.2. The second kappa shape index (κ2) is 9.43. The van der Waals surface area contributed by atoms with Crippen LogP contribution in [0.15, 0.2) is 34.2 Å². The minimum absolute atomic E-state index is 0.0859. The van der Waals surface area contributed by atoms with Crippen LogP contribution in [0.25, 0.3) is 0 Å². The zero-order chi connectivity index (χ0) is 19.1. The van der Waals surface area contributed by atoms with E-state index in [2.05, 4.69) is 29.1 Å². The summed E-state index contributed by atoms with van der Waals surface area (Å²) in [5.74, 6) is 0.0628. The zero-order valence-electron chi connectivity index (χ0n) is 15.3. The van der Waals surface area contributed by atoms with Crippen LogP contribution in [0.4, 0.5) is 5.69 Å². The standard InChI is InChI=1S/C19H25N3O3S/c1-4-5-6-15-17(24)21-19(22-18(15)25)26-11-16(23)20-14-9-7-13(8-10-14)12(2)3/h7-10,12H,4-6,11H2,1-3H3,(H,20,23)(H2,21,22,24,25). The number of amides is 1. The molecule has 3 N–H and O–H groups in total. The van der Waals surface area contributed by atoms with Gasteiger partial charge in [-0.05, 0) is 36.5 Å². The van der Waals surface area contributed by atoms with E-state index in [4.69, 9.17) is 0 Å². The number of unbranched alkanes of at least 4 members (excludes halogenated alkanes) is 1. The van der Waals surface area contributed by atoms with Crippen molar-refractivity contribution in [2.45, 2.75) is 51.1 Å². The molecule has 1 amide bonds. The lowest BCUT2D eigenvalue weighted by Gasteiger charge is -2.08. The van der Waals surface area contributed by atoms with Gasteiger partial charge in [0.25, 0.3) is 5.56 Å². The van der Waals surface area contributed by atoms with Gasteiger partial charge in [0, 0.05) is 5.69 Å². The predicted octanol–water partition coefficient (Wildman–Crippen LogP) is 3.67. The van der Waals surface area contributed by atoms with Crippen molar-refractivity contribution in [1.29, 1.82) is 0 Å². The van der Waals surface area contributed by atoms with Crippen molar-refractivity contribution in [3.05, 3.63) is 45.7 Å². The first-order valence-electron chi connectivity index (χ1n) is 8.75. The first-order valence-corrected chi connectivity index (χ1v) is 9.74. The van der Waals surface area contributed by atoms with Crippen LogP contribution in [0.2, 0.25) is 0 Å². The molecule has 2 aromatic rings. The third-order valence-electron chi connectivity index (χ3n) is 3.95. The van der Waals surface area contributed by atoms with Crippen LogP contribution in [0.5, 0.6) is 5.88 Å². The summed E-state index contributed by atoms with van der Waals surface area (Å²) in [6, 6.07) is 7.71. The number of carbonyl (C=O) groups is 1. The molecule has 1 aromatic heterocycles. The van der Waals surface area contributed by atoms with Gasteiger partial charge < -0.3 is 15.4 Å². The van der Waals surface area contributed by atoms with Gasteiger partial charge in [-0.1, -0.05) is 51.1 Å². The number of aromatic nitrogens is 2. The summed E-state index contributed by atoms with van der Waals surface area (Å²) in [4.78, 5) is 30.7. The Balaban J connectivity index is 1.93. The van der Waals surface area contributed by atoms with E-state index in [9.17, 15) is 14.7 Å². The number of aromatic hydroxyl groups is 1. The first kappa shape index (κ1) is 20.0. The summed E-state index contributed by atoms with van der Waals surface area (Å²) in [6.07, 6.45) is 2.22. The van der Waals surface area contributed by atoms with Gasteiger partial charge in [-0.25, -0.2) is 0 Å². The number of nitrogens with one attached hydrogen (secondary N) is 2. The van der Waals surface area contributed by atoms with Gasteiger partial charge in [0.15, 0.2) is 5.16 Å². The molecule has 1 aromatic carbocycles. The second-order valence-electron chi connectivity index (χ2n) is 6.39. The summed E-state index contributed by atoms with van der Waals surface area (Å²) in [5.41, 5.74) is 1.88. The predicted molar refractivity (Wildman–Crippen MR) is 105 cm³/mol. The molecule has 6 nitrogen and oxygen atoms in total. The average molecular weight is 375 g/mol. The molecular weight excluding hydrogens is 350 g/mol. The van der Waals surface area contributed by atoms with Crippen molar-refractivity contribution in [3.8, 4) is 5.88 Å². The number of carbonyl (C=O) groups excluding carboxylic acids is 1. The van der Waals surface area contributed by atoms with Crippen LogP contribution < -0.4 is 10.9 Å². The zero-order valence-corrected chi connectivity index (χ0v) is 16.2. The normalized spacial score (nSPS) is 10.9. The third kappa shape index (κ3) is 5.62. The van der Waals surface area contributed by atoms with Crippen LogP contribution in [-0.2, 0) is 11.2 Å². The van der Waals surface area contributed by atoms with E-state index in [1.807, 2.05) is 31.2 Å². The number of hydrogen-bond acceptors (Lipinski definition) is 5. The Kier molecular flexibility index (Phi) is 7.26. The smallest absolute Gasteiger partial charge is 0.258 e. The third-order valence-corrected chi connectivity index (χ3v) is 4.83. The van der Waals surface area contributed by atoms with Gasteiger partial charge in [-0.3, -0.25) is 9.59 Å². The minimum Gasteiger partial charge on any atom is -0.493 e. The minimum atomic E-state index is -0.349. The van der Waals surface area contributed by atoms with Gasteiger partial charge in [-0.15, -0.1) is 0 Å². The number of aromatic amines is 1. The molecular formula is C19H25N3O3S. The molecule has 0 spiro atoms. The van der Waals surface area contributed by atoms with Crippen molar-refractivity contribution in [3.63, 3.8) is 0 Å². The fraction of sp³-hybridized carbons (Fsp3) is 0.421. The molecule has 0 unspecified atom stereocenters. The quantitative estimate of drug-likeness (QED) is 0.483. The summed E-state index contributed by atoms with van der Waals surface area (Å²) in [7, 11) is 0. The SMILES string of the molecule is CCCCc1c(O)nc(SCC(=O)Nc2ccc(C(C)C)cc2)[nH]c1=O. The van der Waals surface area contributed by atoms with Crippen LogP contribution in [-0.4, -0.2) is 26.7 Å². The maximum absolute atomic E-state index is 12.1. The fourth-order valence-electron chi connectivity index (χ4n) is 2.40. The van der Waals surface area contributed by atoms with Gasteiger partial charge in [-0.2, -0.15) is 4.98 Å². The van der Waals surface area contributed by atoms with Crippen LogP contribution in [0.3, 0.4) is 0 Å². The maximum Gasteiger partial charge on any atom is 0.258 e. The lowest BCUT2D eigenvalue weighted by atomic mass is 10.0. The molecule has 140 valence electrons. The molecule has 0 aliphatic heterocycles. The number of hydrogen-bond donors (Lipinski definition) is 3. The lowest BCUT2D eigenvalue weighted by molar-refractivity contribution is -0.113. The summed E-state index contributed by atoms with van der Waals surface area (Å²) in [5, 5.41) is 13.0. The maximum atomic E-state index is 12.1.